The van der Waals surface area contributed by atoms with Crippen LogP contribution >= 0.6 is 12.2 Å². The van der Waals surface area contributed by atoms with Crippen molar-refractivity contribution < 1.29 is 14.3 Å². The molecule has 0 radical (unpaired) electrons. The summed E-state index contributed by atoms with van der Waals surface area (Å²) in [5, 5.41) is 7.81. The van der Waals surface area contributed by atoms with E-state index in [9.17, 15) is 9.59 Å². The molecule has 0 saturated carbocycles. The van der Waals surface area contributed by atoms with Crippen molar-refractivity contribution >= 4 is 24.0 Å². The average Bonchev–Trinajstić information content (AvgIpc) is 2.58. The SMILES string of the molecule is COc1ccc(-c2cc(=O)[nH]c(=S)n2C(CC(N)=O)C(=N)N)c(OC)c1. The van der Waals surface area contributed by atoms with Gasteiger partial charge in [0.15, 0.2) is 4.77 Å². The van der Waals surface area contributed by atoms with E-state index < -0.39 is 17.5 Å². The summed E-state index contributed by atoms with van der Waals surface area (Å²) >= 11 is 5.24. The number of nitrogens with zero attached hydrogens (tertiary/aromatic N) is 1. The maximum atomic E-state index is 12.0. The monoisotopic (exact) mass is 377 g/mol. The highest BCUT2D eigenvalue weighted by atomic mass is 32.1. The molecule has 0 aliphatic heterocycles. The van der Waals surface area contributed by atoms with Gasteiger partial charge < -0.3 is 25.5 Å². The topological polar surface area (TPSA) is 149 Å². The lowest BCUT2D eigenvalue weighted by atomic mass is 10.1. The van der Waals surface area contributed by atoms with Crippen LogP contribution in [0.5, 0.6) is 11.5 Å². The third-order valence-electron chi connectivity index (χ3n) is 3.73. The Labute approximate surface area is 154 Å². The van der Waals surface area contributed by atoms with Crippen LogP contribution in [0.15, 0.2) is 29.1 Å². The molecule has 0 fully saturated rings. The fourth-order valence-electron chi connectivity index (χ4n) is 2.56. The highest BCUT2D eigenvalue weighted by Gasteiger charge is 2.23. The van der Waals surface area contributed by atoms with Crippen LogP contribution in [0.3, 0.4) is 0 Å². The molecular weight excluding hydrogens is 358 g/mol. The van der Waals surface area contributed by atoms with Crippen molar-refractivity contribution in [2.75, 3.05) is 14.2 Å². The molecule has 0 bridgehead atoms. The number of aromatic nitrogens is 2. The Balaban J connectivity index is 2.81. The number of aromatic amines is 1. The van der Waals surface area contributed by atoms with Gasteiger partial charge in [0.1, 0.15) is 23.4 Å². The molecule has 1 atom stereocenters. The van der Waals surface area contributed by atoms with E-state index in [1.165, 1.54) is 24.9 Å². The summed E-state index contributed by atoms with van der Waals surface area (Å²) in [7, 11) is 2.98. The lowest BCUT2D eigenvalue weighted by Crippen LogP contribution is -2.32. The summed E-state index contributed by atoms with van der Waals surface area (Å²) in [5.74, 6) is -0.00746. The van der Waals surface area contributed by atoms with E-state index in [2.05, 4.69) is 4.98 Å². The largest absolute Gasteiger partial charge is 0.497 e. The van der Waals surface area contributed by atoms with E-state index in [1.807, 2.05) is 0 Å². The van der Waals surface area contributed by atoms with Gasteiger partial charge in [0.05, 0.1) is 26.3 Å². The number of rotatable bonds is 7. The fraction of sp³-hybridized carbons (Fsp3) is 0.250. The van der Waals surface area contributed by atoms with E-state index in [1.54, 1.807) is 18.2 Å². The number of carbonyl (C=O) groups is 1. The molecule has 26 heavy (non-hydrogen) atoms. The number of amidine groups is 1. The van der Waals surface area contributed by atoms with Gasteiger partial charge in [0.2, 0.25) is 5.91 Å². The van der Waals surface area contributed by atoms with Crippen molar-refractivity contribution in [3.63, 3.8) is 0 Å². The number of primary amides is 1. The van der Waals surface area contributed by atoms with Crippen LogP contribution in [0, 0.1) is 10.2 Å². The van der Waals surface area contributed by atoms with Crippen LogP contribution in [0.4, 0.5) is 0 Å². The van der Waals surface area contributed by atoms with Crippen LogP contribution in [0.1, 0.15) is 12.5 Å². The van der Waals surface area contributed by atoms with Gasteiger partial charge in [0, 0.05) is 17.7 Å². The lowest BCUT2D eigenvalue weighted by molar-refractivity contribution is -0.118. The van der Waals surface area contributed by atoms with Crippen LogP contribution in [0.2, 0.25) is 0 Å². The first kappa shape index (κ1) is 19.2. The second kappa shape index (κ2) is 7.83. The highest BCUT2D eigenvalue weighted by Crippen LogP contribution is 2.34. The number of ether oxygens (including phenoxy) is 2. The summed E-state index contributed by atoms with van der Waals surface area (Å²) in [6.07, 6.45) is -0.249. The molecule has 1 heterocycles. The molecule has 1 unspecified atom stereocenters. The minimum atomic E-state index is -0.946. The summed E-state index contributed by atoms with van der Waals surface area (Å²) < 4.78 is 12.0. The zero-order valence-electron chi connectivity index (χ0n) is 14.2. The first-order chi connectivity index (χ1) is 12.3. The van der Waals surface area contributed by atoms with Gasteiger partial charge in [-0.25, -0.2) is 0 Å². The minimum absolute atomic E-state index is 0.00632. The van der Waals surface area contributed by atoms with E-state index in [4.69, 9.17) is 38.6 Å². The Morgan fingerprint density at radius 1 is 1.31 bits per heavy atom. The average molecular weight is 377 g/mol. The van der Waals surface area contributed by atoms with Crippen molar-refractivity contribution in [2.45, 2.75) is 12.5 Å². The molecule has 0 spiro atoms. The second-order valence-electron chi connectivity index (χ2n) is 5.40. The standard InChI is InChI=1S/C16H19N5O4S/c1-24-8-3-4-9(12(5-8)25-2)10-7-14(23)20-16(26)21(10)11(15(18)19)6-13(17)22/h3-5,7,11H,6H2,1-2H3,(H2,17,22)(H3,18,19)(H,20,23,26). The Kier molecular flexibility index (Phi) is 5.78. The third-order valence-corrected chi connectivity index (χ3v) is 4.02. The molecule has 10 heteroatoms. The second-order valence-corrected chi connectivity index (χ2v) is 5.79. The number of carbonyl (C=O) groups excluding carboxylic acids is 1. The van der Waals surface area contributed by atoms with Gasteiger partial charge in [-0.3, -0.25) is 20.0 Å². The predicted octanol–water partition coefficient (Wildman–Crippen LogP) is 0.943. The quantitative estimate of drug-likeness (QED) is 0.320. The molecule has 138 valence electrons. The van der Waals surface area contributed by atoms with Gasteiger partial charge in [-0.2, -0.15) is 0 Å². The summed E-state index contributed by atoms with van der Waals surface area (Å²) in [6.45, 7) is 0. The fourth-order valence-corrected chi connectivity index (χ4v) is 2.89. The number of benzene rings is 1. The zero-order valence-corrected chi connectivity index (χ0v) is 15.1. The number of H-pyrrole nitrogens is 1. The highest BCUT2D eigenvalue weighted by molar-refractivity contribution is 7.71. The first-order valence-electron chi connectivity index (χ1n) is 7.49. The van der Waals surface area contributed by atoms with E-state index >= 15 is 0 Å². The minimum Gasteiger partial charge on any atom is -0.497 e. The Bertz CT molecular complexity index is 966. The van der Waals surface area contributed by atoms with Gasteiger partial charge in [-0.15, -0.1) is 0 Å². The number of hydrogen-bond acceptors (Lipinski definition) is 6. The van der Waals surface area contributed by atoms with Gasteiger partial charge >= 0.3 is 0 Å². The summed E-state index contributed by atoms with van der Waals surface area (Å²) in [4.78, 5) is 25.9. The first-order valence-corrected chi connectivity index (χ1v) is 7.89. The van der Waals surface area contributed by atoms with Gasteiger partial charge in [-0.05, 0) is 24.4 Å². The molecule has 0 aliphatic rings. The summed E-state index contributed by atoms with van der Waals surface area (Å²) in [5.41, 5.74) is 11.3. The number of hydrogen-bond donors (Lipinski definition) is 4. The number of methoxy groups -OCH3 is 2. The summed E-state index contributed by atoms with van der Waals surface area (Å²) in [6, 6.07) is 5.35. The van der Waals surface area contributed by atoms with Crippen molar-refractivity contribution in [3.8, 4) is 22.8 Å². The molecule has 6 N–H and O–H groups in total. The molecule has 1 amide bonds. The van der Waals surface area contributed by atoms with E-state index in [-0.39, 0.29) is 17.0 Å². The normalized spacial score (nSPS) is 11.6. The maximum absolute atomic E-state index is 12.0. The third kappa shape index (κ3) is 3.91. The zero-order chi connectivity index (χ0) is 19.4. The lowest BCUT2D eigenvalue weighted by Gasteiger charge is -2.23. The van der Waals surface area contributed by atoms with E-state index in [0.717, 1.165) is 0 Å². The van der Waals surface area contributed by atoms with Crippen LogP contribution in [-0.2, 0) is 4.79 Å². The van der Waals surface area contributed by atoms with Crippen molar-refractivity contribution in [1.29, 1.82) is 5.41 Å². The van der Waals surface area contributed by atoms with Gasteiger partial charge in [-0.1, -0.05) is 0 Å². The molecule has 1 aromatic heterocycles. The molecule has 2 aromatic rings. The Morgan fingerprint density at radius 3 is 2.54 bits per heavy atom. The molecule has 9 nitrogen and oxygen atoms in total. The van der Waals surface area contributed by atoms with Crippen LogP contribution < -0.4 is 26.5 Å². The van der Waals surface area contributed by atoms with Crippen LogP contribution in [-0.4, -0.2) is 35.5 Å². The van der Waals surface area contributed by atoms with Gasteiger partial charge in [0.25, 0.3) is 5.56 Å². The number of nitrogens with two attached hydrogens (primary N) is 2. The van der Waals surface area contributed by atoms with Crippen molar-refractivity contribution in [2.24, 2.45) is 11.5 Å². The molecule has 0 saturated heterocycles. The van der Waals surface area contributed by atoms with Crippen LogP contribution in [0.25, 0.3) is 11.3 Å². The van der Waals surface area contributed by atoms with Crippen molar-refractivity contribution in [3.05, 3.63) is 39.4 Å². The molecule has 0 aliphatic carbocycles. The maximum Gasteiger partial charge on any atom is 0.252 e. The Hall–Kier alpha value is -3.14. The number of nitrogens with one attached hydrogen (secondary N) is 2. The van der Waals surface area contributed by atoms with Crippen molar-refractivity contribution in [1.82, 2.24) is 9.55 Å². The van der Waals surface area contributed by atoms with E-state index in [0.29, 0.717) is 22.8 Å². The molecule has 2 rings (SSSR count). The molecule has 1 aromatic carbocycles. The number of amides is 1. The smallest absolute Gasteiger partial charge is 0.252 e. The Morgan fingerprint density at radius 2 is 2.00 bits per heavy atom. The predicted molar refractivity (Wildman–Crippen MR) is 99.2 cm³/mol. The molecular formula is C16H19N5O4S.